The zero-order chi connectivity index (χ0) is 28.1. The Morgan fingerprint density at radius 1 is 1.05 bits per heavy atom. The van der Waals surface area contributed by atoms with E-state index in [1.165, 1.54) is 16.7 Å². The molecule has 0 unspecified atom stereocenters. The summed E-state index contributed by atoms with van der Waals surface area (Å²) >= 11 is 0. The number of carbonyl (C=O) groups is 1. The fourth-order valence-corrected chi connectivity index (χ4v) is 4.81. The van der Waals surface area contributed by atoms with Crippen molar-refractivity contribution in [2.45, 2.75) is 51.9 Å². The highest BCUT2D eigenvalue weighted by Gasteiger charge is 2.32. The van der Waals surface area contributed by atoms with Gasteiger partial charge >= 0.3 is 12.3 Å². The monoisotopic (exact) mass is 539 g/mol. The number of halogens is 3. The second-order valence-electron chi connectivity index (χ2n) is 10.6. The predicted octanol–water partition coefficient (Wildman–Crippen LogP) is 5.49. The van der Waals surface area contributed by atoms with Crippen molar-refractivity contribution in [1.82, 2.24) is 24.0 Å². The first-order chi connectivity index (χ1) is 18.3. The third kappa shape index (κ3) is 5.25. The molecular weight excluding hydrogens is 511 g/mol. The van der Waals surface area contributed by atoms with Crippen LogP contribution in [0, 0.1) is 0 Å². The van der Waals surface area contributed by atoms with Crippen LogP contribution < -0.4 is 5.56 Å². The van der Waals surface area contributed by atoms with Crippen LogP contribution in [-0.2, 0) is 30.9 Å². The van der Waals surface area contributed by atoms with Crippen molar-refractivity contribution >= 4 is 17.1 Å². The van der Waals surface area contributed by atoms with Crippen LogP contribution >= 0.6 is 0 Å². The number of amides is 1. The number of aryl methyl sites for hydroxylation is 1. The van der Waals surface area contributed by atoms with Crippen molar-refractivity contribution in [2.75, 3.05) is 6.54 Å². The van der Waals surface area contributed by atoms with Gasteiger partial charge in [0, 0.05) is 54.3 Å². The minimum Gasteiger partial charge on any atom is -0.444 e. The van der Waals surface area contributed by atoms with Gasteiger partial charge in [0.25, 0.3) is 5.56 Å². The Balaban J connectivity index is 1.46. The maximum Gasteiger partial charge on any atom is 0.433 e. The lowest BCUT2D eigenvalue weighted by molar-refractivity contribution is -0.141. The smallest absolute Gasteiger partial charge is 0.433 e. The highest BCUT2D eigenvalue weighted by Crippen LogP contribution is 2.31. The molecule has 0 spiro atoms. The maximum absolute atomic E-state index is 13.0. The van der Waals surface area contributed by atoms with Crippen molar-refractivity contribution in [1.29, 1.82) is 0 Å². The average Bonchev–Trinajstić information content (AvgIpc) is 3.00. The van der Waals surface area contributed by atoms with E-state index in [-0.39, 0.29) is 11.7 Å². The number of hydrogen-bond acceptors (Lipinski definition) is 5. The Kier molecular flexibility index (Phi) is 6.48. The lowest BCUT2D eigenvalue weighted by atomic mass is 10.1. The van der Waals surface area contributed by atoms with E-state index in [4.69, 9.17) is 9.72 Å². The number of fused-ring (bicyclic) bond motifs is 3. The molecule has 39 heavy (non-hydrogen) atoms. The molecule has 0 bridgehead atoms. The van der Waals surface area contributed by atoms with E-state index in [0.717, 1.165) is 41.7 Å². The zero-order valence-electron chi connectivity index (χ0n) is 22.0. The molecule has 204 valence electrons. The highest BCUT2D eigenvalue weighted by atomic mass is 19.4. The number of rotatable bonds is 2. The summed E-state index contributed by atoms with van der Waals surface area (Å²) in [5.41, 5.74) is 1.66. The number of ether oxygens (including phenoxy) is 1. The molecule has 1 amide bonds. The van der Waals surface area contributed by atoms with Crippen molar-refractivity contribution in [3.8, 4) is 16.9 Å². The molecule has 4 aromatic heterocycles. The Morgan fingerprint density at radius 2 is 1.82 bits per heavy atom. The average molecular weight is 540 g/mol. The fraction of sp³-hybridized carbons (Fsp3) is 0.357. The summed E-state index contributed by atoms with van der Waals surface area (Å²) < 4.78 is 47.5. The van der Waals surface area contributed by atoms with Crippen molar-refractivity contribution in [3.05, 3.63) is 76.1 Å². The molecule has 0 aromatic carbocycles. The van der Waals surface area contributed by atoms with Gasteiger partial charge in [-0.3, -0.25) is 14.3 Å². The minimum atomic E-state index is -4.53. The third-order valence-corrected chi connectivity index (χ3v) is 6.65. The van der Waals surface area contributed by atoms with Crippen molar-refractivity contribution in [3.63, 3.8) is 0 Å². The summed E-state index contributed by atoms with van der Waals surface area (Å²) in [5.74, 6) is 0.407. The van der Waals surface area contributed by atoms with Crippen molar-refractivity contribution in [2.24, 2.45) is 7.05 Å². The molecule has 5 heterocycles. The summed E-state index contributed by atoms with van der Waals surface area (Å²) in [4.78, 5) is 35.7. The molecule has 0 saturated carbocycles. The number of hydrogen-bond donors (Lipinski definition) is 0. The standard InChI is InChI=1S/C28H28F3N5O3/c1-27(2,3)39-26(38)35-12-5-6-21-20(16-35)19-8-10-23(33-25(19)34(21)4)36-13-11-17(14-24(36)37)18-7-9-22(32-15-18)28(29,30)31/h7-11,13-15H,5-6,12,16H2,1-4H3. The van der Waals surface area contributed by atoms with E-state index in [2.05, 4.69) is 4.98 Å². The van der Waals surface area contributed by atoms with E-state index >= 15 is 0 Å². The zero-order valence-corrected chi connectivity index (χ0v) is 22.0. The lowest BCUT2D eigenvalue weighted by Gasteiger charge is -2.26. The number of carbonyl (C=O) groups excluding carboxylic acids is 1. The molecule has 0 fully saturated rings. The Labute approximate surface area is 222 Å². The first-order valence-corrected chi connectivity index (χ1v) is 12.5. The van der Waals surface area contributed by atoms with E-state index in [0.29, 0.717) is 35.7 Å². The quantitative estimate of drug-likeness (QED) is 0.337. The summed E-state index contributed by atoms with van der Waals surface area (Å²) in [6.07, 6.45) is -0.691. The minimum absolute atomic E-state index is 0.355. The Hall–Kier alpha value is -4.15. The van der Waals surface area contributed by atoms with Crippen LogP contribution in [0.5, 0.6) is 0 Å². The Morgan fingerprint density at radius 3 is 2.46 bits per heavy atom. The number of pyridine rings is 3. The molecular formula is C28H28F3N5O3. The van der Waals surface area contributed by atoms with Gasteiger partial charge in [-0.15, -0.1) is 0 Å². The Bertz CT molecular complexity index is 1620. The second-order valence-corrected chi connectivity index (χ2v) is 10.6. The summed E-state index contributed by atoms with van der Waals surface area (Å²) in [6, 6.07) is 8.80. The molecule has 5 rings (SSSR count). The molecule has 11 heteroatoms. The first kappa shape index (κ1) is 26.5. The van der Waals surface area contributed by atoms with Gasteiger partial charge in [0.15, 0.2) is 0 Å². The van der Waals surface area contributed by atoms with Crippen LogP contribution in [0.4, 0.5) is 18.0 Å². The van der Waals surface area contributed by atoms with Gasteiger partial charge in [0.05, 0.1) is 6.54 Å². The summed E-state index contributed by atoms with van der Waals surface area (Å²) in [6.45, 7) is 6.51. The molecule has 1 aliphatic rings. The van der Waals surface area contributed by atoms with Crippen LogP contribution in [0.25, 0.3) is 28.0 Å². The topological polar surface area (TPSA) is 82.3 Å². The fourth-order valence-electron chi connectivity index (χ4n) is 4.81. The van der Waals surface area contributed by atoms with E-state index in [1.807, 2.05) is 38.5 Å². The molecule has 8 nitrogen and oxygen atoms in total. The predicted molar refractivity (Wildman–Crippen MR) is 140 cm³/mol. The number of nitrogens with zero attached hydrogens (tertiary/aromatic N) is 5. The van der Waals surface area contributed by atoms with Crippen molar-refractivity contribution < 1.29 is 22.7 Å². The normalized spacial score (nSPS) is 14.3. The van der Waals surface area contributed by atoms with Gasteiger partial charge in [-0.1, -0.05) is 6.07 Å². The maximum atomic E-state index is 13.0. The van der Waals surface area contributed by atoms with E-state index in [1.54, 1.807) is 23.2 Å². The largest absolute Gasteiger partial charge is 0.444 e. The second kappa shape index (κ2) is 9.55. The molecule has 0 radical (unpaired) electrons. The summed E-state index contributed by atoms with van der Waals surface area (Å²) in [7, 11) is 1.92. The van der Waals surface area contributed by atoms with E-state index < -0.39 is 17.5 Å². The van der Waals surface area contributed by atoms with Gasteiger partial charge in [-0.25, -0.2) is 9.78 Å². The number of aromatic nitrogens is 4. The van der Waals surface area contributed by atoms with Crippen LogP contribution in [0.2, 0.25) is 0 Å². The van der Waals surface area contributed by atoms with Crippen LogP contribution in [-0.4, -0.2) is 42.2 Å². The van der Waals surface area contributed by atoms with Gasteiger partial charge in [0.1, 0.15) is 22.8 Å². The number of alkyl halides is 3. The van der Waals surface area contributed by atoms with E-state index in [9.17, 15) is 22.8 Å². The van der Waals surface area contributed by atoms with Gasteiger partial charge < -0.3 is 14.2 Å². The SMILES string of the molecule is Cn1c2c(c3ccc(-n4ccc(-c5ccc(C(F)(F)F)nc5)cc4=O)nc31)CN(C(=O)OC(C)(C)C)CCC2. The molecule has 0 N–H and O–H groups in total. The van der Waals surface area contributed by atoms with Crippen LogP contribution in [0.3, 0.4) is 0 Å². The summed E-state index contributed by atoms with van der Waals surface area (Å²) in [5, 5.41) is 0.896. The van der Waals surface area contributed by atoms with Crippen LogP contribution in [0.1, 0.15) is 44.1 Å². The molecule has 0 saturated heterocycles. The van der Waals surface area contributed by atoms with Gasteiger partial charge in [-0.2, -0.15) is 13.2 Å². The third-order valence-electron chi connectivity index (χ3n) is 6.65. The first-order valence-electron chi connectivity index (χ1n) is 12.5. The lowest BCUT2D eigenvalue weighted by Crippen LogP contribution is -2.36. The molecule has 1 aliphatic heterocycles. The molecule has 4 aromatic rings. The van der Waals surface area contributed by atoms with Crippen LogP contribution in [0.15, 0.2) is 53.6 Å². The van der Waals surface area contributed by atoms with Gasteiger partial charge in [-0.05, 0) is 63.4 Å². The molecule has 0 aliphatic carbocycles. The molecule has 0 atom stereocenters. The highest BCUT2D eigenvalue weighted by molar-refractivity contribution is 5.84. The van der Waals surface area contributed by atoms with Gasteiger partial charge in [0.2, 0.25) is 0 Å².